The van der Waals surface area contributed by atoms with Crippen molar-refractivity contribution < 1.29 is 9.59 Å². The Bertz CT molecular complexity index is 654. The molecule has 5 heteroatoms. The van der Waals surface area contributed by atoms with E-state index in [0.29, 0.717) is 29.4 Å². The predicted molar refractivity (Wildman–Crippen MR) is 92.7 cm³/mol. The largest absolute Gasteiger partial charge is 0.331 e. The Kier molecular flexibility index (Phi) is 6.63. The average molecular weight is 350 g/mol. The van der Waals surface area contributed by atoms with Crippen molar-refractivity contribution in [1.82, 2.24) is 4.90 Å². The molecule has 0 heterocycles. The van der Waals surface area contributed by atoms with Crippen LogP contribution >= 0.6 is 23.2 Å². The first-order chi connectivity index (χ1) is 11.1. The van der Waals surface area contributed by atoms with Crippen molar-refractivity contribution in [3.8, 4) is 0 Å². The number of halogens is 2. The molecule has 0 atom stereocenters. The van der Waals surface area contributed by atoms with Gasteiger partial charge in [-0.2, -0.15) is 0 Å². The summed E-state index contributed by atoms with van der Waals surface area (Å²) in [6.45, 7) is 0.365. The fourth-order valence-corrected chi connectivity index (χ4v) is 2.89. The highest BCUT2D eigenvalue weighted by Gasteiger charge is 2.14. The Morgan fingerprint density at radius 1 is 1.00 bits per heavy atom. The normalized spacial score (nSPS) is 10.3. The zero-order valence-corrected chi connectivity index (χ0v) is 14.1. The van der Waals surface area contributed by atoms with E-state index in [9.17, 15) is 9.59 Å². The molecule has 0 fully saturated rings. The van der Waals surface area contributed by atoms with Crippen LogP contribution in [0.1, 0.15) is 17.5 Å². The monoisotopic (exact) mass is 349 g/mol. The molecule has 120 valence electrons. The molecule has 2 aromatic rings. The van der Waals surface area contributed by atoms with E-state index in [1.807, 2.05) is 30.3 Å². The summed E-state index contributed by atoms with van der Waals surface area (Å²) in [5.41, 5.74) is 1.90. The van der Waals surface area contributed by atoms with Crippen molar-refractivity contribution in [2.24, 2.45) is 0 Å². The van der Waals surface area contributed by atoms with Crippen molar-refractivity contribution in [3.63, 3.8) is 0 Å². The number of carbonyl (C=O) groups excluding carboxylic acids is 2. The smallest absolute Gasteiger partial charge is 0.223 e. The van der Waals surface area contributed by atoms with E-state index in [0.717, 1.165) is 17.4 Å². The highest BCUT2D eigenvalue weighted by molar-refractivity contribution is 6.34. The summed E-state index contributed by atoms with van der Waals surface area (Å²) in [4.78, 5) is 24.8. The summed E-state index contributed by atoms with van der Waals surface area (Å²) in [5, 5.41) is 1.02. The highest BCUT2D eigenvalue weighted by atomic mass is 35.5. The van der Waals surface area contributed by atoms with Gasteiger partial charge in [0.15, 0.2) is 0 Å². The topological polar surface area (TPSA) is 37.4 Å². The molecule has 0 saturated carbocycles. The molecule has 0 spiro atoms. The standard InChI is InChI=1S/C18H17Cl2NO2/c19-16-10-15(11-17(20)12-16)13-21(8-9-22)18(23)7-6-14-4-2-1-3-5-14/h1-5,9-12H,6-8,13H2. The number of carbonyl (C=O) groups is 2. The van der Waals surface area contributed by atoms with Gasteiger partial charge in [0.2, 0.25) is 5.91 Å². The molecular formula is C18H17Cl2NO2. The number of aryl methyl sites for hydroxylation is 1. The highest BCUT2D eigenvalue weighted by Crippen LogP contribution is 2.20. The SMILES string of the molecule is O=CCN(Cc1cc(Cl)cc(Cl)c1)C(=O)CCc1ccccc1. The molecule has 0 bridgehead atoms. The maximum Gasteiger partial charge on any atom is 0.223 e. The number of nitrogens with zero attached hydrogens (tertiary/aromatic N) is 1. The van der Waals surface area contributed by atoms with Crippen LogP contribution in [0.3, 0.4) is 0 Å². The summed E-state index contributed by atoms with van der Waals surface area (Å²) in [7, 11) is 0. The average Bonchev–Trinajstić information content (AvgIpc) is 2.52. The summed E-state index contributed by atoms with van der Waals surface area (Å²) < 4.78 is 0. The molecule has 3 nitrogen and oxygen atoms in total. The fraction of sp³-hybridized carbons (Fsp3) is 0.222. The first-order valence-electron chi connectivity index (χ1n) is 7.29. The molecule has 0 saturated heterocycles. The lowest BCUT2D eigenvalue weighted by molar-refractivity contribution is -0.133. The summed E-state index contributed by atoms with van der Waals surface area (Å²) >= 11 is 11.9. The third kappa shape index (κ3) is 5.70. The van der Waals surface area contributed by atoms with Crippen LogP contribution in [0.15, 0.2) is 48.5 Å². The second-order valence-corrected chi connectivity index (χ2v) is 6.08. The summed E-state index contributed by atoms with van der Waals surface area (Å²) in [5.74, 6) is -0.0722. The maximum absolute atomic E-state index is 12.4. The summed E-state index contributed by atoms with van der Waals surface area (Å²) in [6, 6.07) is 14.9. The van der Waals surface area contributed by atoms with Crippen molar-refractivity contribution in [2.45, 2.75) is 19.4 Å². The molecule has 2 aromatic carbocycles. The molecule has 1 amide bonds. The zero-order valence-electron chi connectivity index (χ0n) is 12.5. The van der Waals surface area contributed by atoms with Gasteiger partial charge in [-0.1, -0.05) is 53.5 Å². The minimum atomic E-state index is -0.0722. The van der Waals surface area contributed by atoms with Crippen LogP contribution in [0.25, 0.3) is 0 Å². The fourth-order valence-electron chi connectivity index (χ4n) is 2.32. The van der Waals surface area contributed by atoms with E-state index in [4.69, 9.17) is 23.2 Å². The van der Waals surface area contributed by atoms with Crippen molar-refractivity contribution in [1.29, 1.82) is 0 Å². The number of rotatable bonds is 7. The van der Waals surface area contributed by atoms with Crippen LogP contribution in [0.5, 0.6) is 0 Å². The minimum absolute atomic E-state index is 0.0533. The molecule has 0 radical (unpaired) electrons. The first kappa shape index (κ1) is 17.5. The van der Waals surface area contributed by atoms with Gasteiger partial charge in [0.25, 0.3) is 0 Å². The summed E-state index contributed by atoms with van der Waals surface area (Å²) in [6.07, 6.45) is 1.73. The Morgan fingerprint density at radius 2 is 1.65 bits per heavy atom. The minimum Gasteiger partial charge on any atom is -0.331 e. The quantitative estimate of drug-likeness (QED) is 0.704. The van der Waals surface area contributed by atoms with Crippen molar-refractivity contribution in [2.75, 3.05) is 6.54 Å². The Hall–Kier alpha value is -1.84. The number of hydrogen-bond donors (Lipinski definition) is 0. The molecule has 0 aliphatic carbocycles. The number of aldehydes is 1. The van der Waals surface area contributed by atoms with E-state index in [2.05, 4.69) is 0 Å². The number of hydrogen-bond acceptors (Lipinski definition) is 2. The molecule has 0 aliphatic rings. The lowest BCUT2D eigenvalue weighted by Gasteiger charge is -2.20. The molecule has 0 aliphatic heterocycles. The van der Waals surface area contributed by atoms with Crippen LogP contribution in [-0.2, 0) is 22.6 Å². The molecule has 2 rings (SSSR count). The Labute approximate surface area is 145 Å². The van der Waals surface area contributed by atoms with E-state index >= 15 is 0 Å². The van der Waals surface area contributed by atoms with Gasteiger partial charge in [-0.15, -0.1) is 0 Å². The molecule has 0 unspecified atom stereocenters. The van der Waals surface area contributed by atoms with Gasteiger partial charge in [-0.05, 0) is 35.7 Å². The van der Waals surface area contributed by atoms with Crippen LogP contribution in [0.2, 0.25) is 10.0 Å². The van der Waals surface area contributed by atoms with E-state index in [1.165, 1.54) is 4.90 Å². The van der Waals surface area contributed by atoms with Gasteiger partial charge in [0.1, 0.15) is 6.29 Å². The zero-order chi connectivity index (χ0) is 16.7. The van der Waals surface area contributed by atoms with Crippen LogP contribution in [0.4, 0.5) is 0 Å². The first-order valence-corrected chi connectivity index (χ1v) is 8.04. The molecular weight excluding hydrogens is 333 g/mol. The second-order valence-electron chi connectivity index (χ2n) is 5.20. The second kappa shape index (κ2) is 8.70. The van der Waals surface area contributed by atoms with Gasteiger partial charge >= 0.3 is 0 Å². The third-order valence-electron chi connectivity index (χ3n) is 3.41. The Morgan fingerprint density at radius 3 is 2.26 bits per heavy atom. The van der Waals surface area contributed by atoms with E-state index < -0.39 is 0 Å². The number of amides is 1. The van der Waals surface area contributed by atoms with Gasteiger partial charge in [0.05, 0.1) is 6.54 Å². The van der Waals surface area contributed by atoms with Gasteiger partial charge in [-0.25, -0.2) is 0 Å². The molecule has 0 N–H and O–H groups in total. The molecule has 23 heavy (non-hydrogen) atoms. The van der Waals surface area contributed by atoms with Gasteiger partial charge < -0.3 is 9.69 Å². The maximum atomic E-state index is 12.4. The van der Waals surface area contributed by atoms with Crippen LogP contribution in [-0.4, -0.2) is 23.6 Å². The van der Waals surface area contributed by atoms with Crippen molar-refractivity contribution in [3.05, 3.63) is 69.7 Å². The van der Waals surface area contributed by atoms with Crippen molar-refractivity contribution >= 4 is 35.4 Å². The molecule has 0 aromatic heterocycles. The van der Waals surface area contributed by atoms with E-state index in [-0.39, 0.29) is 12.5 Å². The van der Waals surface area contributed by atoms with Crippen LogP contribution in [0, 0.1) is 0 Å². The van der Waals surface area contributed by atoms with Crippen LogP contribution < -0.4 is 0 Å². The number of benzene rings is 2. The lowest BCUT2D eigenvalue weighted by atomic mass is 10.1. The van der Waals surface area contributed by atoms with E-state index in [1.54, 1.807) is 18.2 Å². The Balaban J connectivity index is 2.01. The van der Waals surface area contributed by atoms with Gasteiger partial charge in [0, 0.05) is 23.0 Å². The third-order valence-corrected chi connectivity index (χ3v) is 3.85. The predicted octanol–water partition coefficient (Wildman–Crippen LogP) is 4.15. The van der Waals surface area contributed by atoms with Gasteiger partial charge in [-0.3, -0.25) is 4.79 Å². The lowest BCUT2D eigenvalue weighted by Crippen LogP contribution is -2.32.